The standard InChI is InChI=1S/C19H34I/c1-3-15-12-17-10-9-16(18(17)13-15)8-6-4-5-7-11-19(2)14-20-19/h15-18H,3-14H2,1-2H3/q+1/t15?,16-,17?,18-,19?/m1/s1. The summed E-state index contributed by atoms with van der Waals surface area (Å²) in [6, 6.07) is 0. The molecule has 0 radical (unpaired) electrons. The number of unbranched alkanes of at least 4 members (excludes halogenated alkanes) is 3. The number of hydrogen-bond donors (Lipinski definition) is 0. The predicted molar refractivity (Wildman–Crippen MR) is 83.7 cm³/mol. The molecule has 0 bridgehead atoms. The molecule has 1 saturated heterocycles. The van der Waals surface area contributed by atoms with Crippen molar-refractivity contribution in [3.05, 3.63) is 0 Å². The van der Waals surface area contributed by atoms with Crippen molar-refractivity contribution in [1.29, 1.82) is 0 Å². The first kappa shape index (κ1) is 15.6. The van der Waals surface area contributed by atoms with E-state index < -0.39 is 0 Å². The molecule has 116 valence electrons. The topological polar surface area (TPSA) is 0 Å². The molecule has 1 heterocycles. The second-order valence-electron chi connectivity index (χ2n) is 8.14. The lowest BCUT2D eigenvalue weighted by atomic mass is 9.87. The van der Waals surface area contributed by atoms with Crippen LogP contribution < -0.4 is 21.2 Å². The average molecular weight is 389 g/mol. The molecule has 0 aromatic rings. The Morgan fingerprint density at radius 1 is 1.05 bits per heavy atom. The van der Waals surface area contributed by atoms with Crippen LogP contribution in [0, 0.1) is 23.7 Å². The molecule has 0 spiro atoms. The largest absolute Gasteiger partial charge is 0.285 e. The van der Waals surface area contributed by atoms with Crippen LogP contribution in [0.3, 0.4) is 0 Å². The highest BCUT2D eigenvalue weighted by atomic mass is 127. The van der Waals surface area contributed by atoms with Crippen LogP contribution in [0.5, 0.6) is 0 Å². The number of rotatable bonds is 8. The number of halogens is 1. The molecule has 3 aliphatic rings. The molecule has 0 amide bonds. The van der Waals surface area contributed by atoms with Crippen molar-refractivity contribution in [3.63, 3.8) is 0 Å². The van der Waals surface area contributed by atoms with Crippen LogP contribution in [-0.2, 0) is 0 Å². The molecule has 20 heavy (non-hydrogen) atoms. The van der Waals surface area contributed by atoms with Crippen LogP contribution in [0.4, 0.5) is 0 Å². The summed E-state index contributed by atoms with van der Waals surface area (Å²) in [6.45, 7) is 4.94. The summed E-state index contributed by atoms with van der Waals surface area (Å²) in [5.41, 5.74) is 0. The maximum Gasteiger partial charge on any atom is 0.285 e. The molecular weight excluding hydrogens is 355 g/mol. The smallest absolute Gasteiger partial charge is 0.0651 e. The van der Waals surface area contributed by atoms with Crippen LogP contribution in [0.2, 0.25) is 0 Å². The van der Waals surface area contributed by atoms with Crippen LogP contribution >= 0.6 is 0 Å². The summed E-state index contributed by atoms with van der Waals surface area (Å²) in [5.74, 6) is 4.51. The van der Waals surface area contributed by atoms with Crippen molar-refractivity contribution in [2.75, 3.05) is 4.43 Å². The summed E-state index contributed by atoms with van der Waals surface area (Å²) < 4.78 is 2.52. The van der Waals surface area contributed by atoms with Gasteiger partial charge in [-0.2, -0.15) is 0 Å². The third-order valence-corrected chi connectivity index (χ3v) is 10.5. The summed E-state index contributed by atoms with van der Waals surface area (Å²) in [6.07, 6.45) is 17.0. The van der Waals surface area contributed by atoms with Crippen LogP contribution in [0.25, 0.3) is 0 Å². The van der Waals surface area contributed by atoms with Crippen molar-refractivity contribution in [1.82, 2.24) is 0 Å². The Morgan fingerprint density at radius 2 is 1.85 bits per heavy atom. The van der Waals surface area contributed by atoms with Gasteiger partial charge >= 0.3 is 0 Å². The van der Waals surface area contributed by atoms with Crippen molar-refractivity contribution in [2.24, 2.45) is 23.7 Å². The molecule has 3 unspecified atom stereocenters. The molecular formula is C19H34I+. The molecule has 5 atom stereocenters. The fourth-order valence-electron chi connectivity index (χ4n) is 5.02. The predicted octanol–water partition coefficient (Wildman–Crippen LogP) is 2.65. The van der Waals surface area contributed by atoms with Crippen molar-refractivity contribution >= 4 is 0 Å². The van der Waals surface area contributed by atoms with Gasteiger partial charge in [-0.25, -0.2) is 0 Å². The van der Waals surface area contributed by atoms with Crippen LogP contribution in [-0.4, -0.2) is 7.85 Å². The van der Waals surface area contributed by atoms with E-state index in [9.17, 15) is 0 Å². The van der Waals surface area contributed by atoms with Crippen LogP contribution in [0.15, 0.2) is 0 Å². The normalized spacial score (nSPS) is 42.9. The Balaban J connectivity index is 1.27. The van der Waals surface area contributed by atoms with E-state index in [-0.39, 0.29) is 0 Å². The third-order valence-electron chi connectivity index (χ3n) is 6.55. The van der Waals surface area contributed by atoms with Gasteiger partial charge in [-0.15, -0.1) is 0 Å². The van der Waals surface area contributed by atoms with Gasteiger partial charge in [0.15, 0.2) is 4.43 Å². The quantitative estimate of drug-likeness (QED) is 0.340. The van der Waals surface area contributed by atoms with Gasteiger partial charge < -0.3 is 0 Å². The molecule has 1 heteroatoms. The van der Waals surface area contributed by atoms with Gasteiger partial charge in [0.1, 0.15) is 0 Å². The Labute approximate surface area is 137 Å². The maximum atomic E-state index is 2.53. The zero-order valence-electron chi connectivity index (χ0n) is 13.7. The van der Waals surface area contributed by atoms with Gasteiger partial charge in [-0.3, -0.25) is 0 Å². The molecule has 3 fully saturated rings. The molecule has 3 rings (SSSR count). The minimum absolute atomic E-state index is 0.644. The van der Waals surface area contributed by atoms with Crippen molar-refractivity contribution in [2.45, 2.75) is 87.9 Å². The lowest BCUT2D eigenvalue weighted by molar-refractivity contribution is -0.521. The van der Waals surface area contributed by atoms with E-state index in [2.05, 4.69) is 13.8 Å². The lowest BCUT2D eigenvalue weighted by Gasteiger charge is -2.19. The fraction of sp³-hybridized carbons (Fsp3) is 1.00. The first-order valence-electron chi connectivity index (χ1n) is 9.30. The van der Waals surface area contributed by atoms with Gasteiger partial charge in [0.25, 0.3) is 21.2 Å². The number of hydrogen-bond acceptors (Lipinski definition) is 0. The number of alkyl halides is 2. The summed E-state index contributed by atoms with van der Waals surface area (Å²) in [7, 11) is 0. The maximum absolute atomic E-state index is 2.53. The zero-order valence-corrected chi connectivity index (χ0v) is 15.8. The molecule has 0 N–H and O–H groups in total. The van der Waals surface area contributed by atoms with Crippen LogP contribution in [0.1, 0.15) is 84.5 Å². The summed E-state index contributed by atoms with van der Waals surface area (Å²) >= 11 is 0.644. The van der Waals surface area contributed by atoms with E-state index in [0.717, 1.165) is 27.1 Å². The van der Waals surface area contributed by atoms with E-state index in [1.54, 1.807) is 43.0 Å². The Morgan fingerprint density at radius 3 is 2.60 bits per heavy atom. The van der Waals surface area contributed by atoms with Gasteiger partial charge in [-0.05, 0) is 62.7 Å². The first-order chi connectivity index (χ1) is 9.70. The van der Waals surface area contributed by atoms with Crippen molar-refractivity contribution in [3.8, 4) is 0 Å². The first-order valence-corrected chi connectivity index (χ1v) is 11.9. The third kappa shape index (κ3) is 3.93. The Kier molecular flexibility index (Phi) is 5.37. The molecule has 0 aromatic heterocycles. The molecule has 0 nitrogen and oxygen atoms in total. The van der Waals surface area contributed by atoms with E-state index >= 15 is 0 Å². The van der Waals surface area contributed by atoms with E-state index in [1.807, 2.05) is 0 Å². The lowest BCUT2D eigenvalue weighted by Crippen LogP contribution is -3.50. The van der Waals surface area contributed by atoms with Gasteiger partial charge in [-0.1, -0.05) is 39.0 Å². The second-order valence-corrected chi connectivity index (χ2v) is 12.3. The number of fused-ring (bicyclic) bond motifs is 1. The summed E-state index contributed by atoms with van der Waals surface area (Å²) in [5, 5.41) is 0. The molecule has 1 aliphatic heterocycles. The Bertz CT molecular complexity index is 307. The van der Waals surface area contributed by atoms with E-state index in [0.29, 0.717) is 21.2 Å². The molecule has 0 aromatic carbocycles. The fourth-order valence-corrected chi connectivity index (χ4v) is 6.82. The van der Waals surface area contributed by atoms with Gasteiger partial charge in [0.05, 0.1) is 0 Å². The molecule has 2 saturated carbocycles. The van der Waals surface area contributed by atoms with Gasteiger partial charge in [0, 0.05) is 6.42 Å². The SMILES string of the molecule is CCC1CC2CC[C@@H](CCCCCCC3(C)C[I+]3)[C@H]2C1. The highest BCUT2D eigenvalue weighted by Crippen LogP contribution is 2.52. The minimum Gasteiger partial charge on any atom is -0.0651 e. The average Bonchev–Trinajstić information content (AvgIpc) is 2.88. The molecule has 2 aliphatic carbocycles. The van der Waals surface area contributed by atoms with E-state index in [4.69, 9.17) is 0 Å². The van der Waals surface area contributed by atoms with Gasteiger partial charge in [0.2, 0.25) is 3.42 Å². The van der Waals surface area contributed by atoms with E-state index in [1.165, 1.54) is 32.1 Å². The summed E-state index contributed by atoms with van der Waals surface area (Å²) in [4.78, 5) is 0. The second kappa shape index (κ2) is 6.87. The monoisotopic (exact) mass is 389 g/mol. The highest BCUT2D eigenvalue weighted by molar-refractivity contribution is 4.92. The minimum atomic E-state index is 0.644. The zero-order chi connectivity index (χ0) is 14.0. The highest BCUT2D eigenvalue weighted by Gasteiger charge is 2.57. The van der Waals surface area contributed by atoms with Crippen molar-refractivity contribution < 1.29 is 21.2 Å². The Hall–Kier alpha value is 0.730.